The Balaban J connectivity index is 0.000001000. The molecule has 0 amide bonds. The van der Waals surface area contributed by atoms with E-state index in [1.54, 1.807) is 0 Å². The number of nitrogens with one attached hydrogen (secondary N) is 1. The molecular formula is C14H21Cl2N3O. The van der Waals surface area contributed by atoms with Gasteiger partial charge in [-0.05, 0) is 62.9 Å². The highest BCUT2D eigenvalue weighted by molar-refractivity contribution is 5.85. The average molecular weight is 318 g/mol. The molecule has 1 aliphatic heterocycles. The fourth-order valence-corrected chi connectivity index (χ4v) is 2.70. The third kappa shape index (κ3) is 3.78. The summed E-state index contributed by atoms with van der Waals surface area (Å²) in [7, 11) is 0. The molecule has 0 atom stereocenters. The Labute approximate surface area is 131 Å². The molecule has 6 heteroatoms. The van der Waals surface area contributed by atoms with E-state index < -0.39 is 0 Å². The van der Waals surface area contributed by atoms with Gasteiger partial charge in [-0.3, -0.25) is 0 Å². The zero-order valence-corrected chi connectivity index (χ0v) is 12.9. The first-order chi connectivity index (χ1) is 8.83. The second-order valence-corrected chi connectivity index (χ2v) is 5.12. The number of fused-ring (bicyclic) bond motifs is 1. The fraction of sp³-hybridized carbons (Fsp3) is 0.500. The molecule has 0 radical (unpaired) electrons. The number of anilines is 1. The summed E-state index contributed by atoms with van der Waals surface area (Å²) in [4.78, 5) is 0. The Morgan fingerprint density at radius 2 is 2.00 bits per heavy atom. The van der Waals surface area contributed by atoms with E-state index >= 15 is 0 Å². The van der Waals surface area contributed by atoms with Crippen LogP contribution in [-0.4, -0.2) is 18.2 Å². The third-order valence-corrected chi connectivity index (χ3v) is 3.82. The second kappa shape index (κ2) is 7.72. The smallest absolute Gasteiger partial charge is 0.167 e. The van der Waals surface area contributed by atoms with Crippen LogP contribution in [0.2, 0.25) is 0 Å². The van der Waals surface area contributed by atoms with Gasteiger partial charge in [-0.25, -0.2) is 0 Å². The molecule has 1 fully saturated rings. The molecular weight excluding hydrogens is 297 g/mol. The molecule has 4 nitrogen and oxygen atoms in total. The van der Waals surface area contributed by atoms with Crippen molar-refractivity contribution in [3.63, 3.8) is 0 Å². The summed E-state index contributed by atoms with van der Waals surface area (Å²) < 4.78 is 5.33. The maximum absolute atomic E-state index is 5.81. The van der Waals surface area contributed by atoms with Crippen LogP contribution in [0.25, 0.3) is 11.0 Å². The zero-order valence-electron chi connectivity index (χ0n) is 11.3. The molecule has 20 heavy (non-hydrogen) atoms. The molecule has 0 aliphatic carbocycles. The first-order valence-corrected chi connectivity index (χ1v) is 6.67. The van der Waals surface area contributed by atoms with Gasteiger partial charge in [-0.1, -0.05) is 5.16 Å². The van der Waals surface area contributed by atoms with Crippen LogP contribution in [0.1, 0.15) is 25.0 Å². The van der Waals surface area contributed by atoms with Crippen LogP contribution in [0.5, 0.6) is 0 Å². The van der Waals surface area contributed by atoms with Crippen LogP contribution < -0.4 is 11.1 Å². The highest BCUT2D eigenvalue weighted by atomic mass is 35.5. The highest BCUT2D eigenvalue weighted by Crippen LogP contribution is 2.24. The predicted octanol–water partition coefficient (Wildman–Crippen LogP) is 3.19. The predicted molar refractivity (Wildman–Crippen MR) is 86.8 cm³/mol. The van der Waals surface area contributed by atoms with Crippen molar-refractivity contribution in [1.29, 1.82) is 0 Å². The van der Waals surface area contributed by atoms with Crippen molar-refractivity contribution in [3.05, 3.63) is 23.9 Å². The molecule has 1 aromatic carbocycles. The number of hydrogen-bond donors (Lipinski definition) is 2. The largest absolute Gasteiger partial charge is 0.399 e. The molecule has 112 valence electrons. The lowest BCUT2D eigenvalue weighted by molar-refractivity contribution is 0.350. The summed E-state index contributed by atoms with van der Waals surface area (Å²) in [6.07, 6.45) is 4.73. The van der Waals surface area contributed by atoms with Crippen molar-refractivity contribution in [1.82, 2.24) is 10.5 Å². The SMILES string of the molecule is Cl.Cl.Nc1ccc2onc(CCC3CCNCC3)c2c1. The number of nitrogens with two attached hydrogens (primary N) is 1. The van der Waals surface area contributed by atoms with Crippen LogP contribution >= 0.6 is 24.8 Å². The number of hydrogen-bond acceptors (Lipinski definition) is 4. The molecule has 0 saturated carbocycles. The van der Waals surface area contributed by atoms with Gasteiger partial charge in [0.25, 0.3) is 0 Å². The third-order valence-electron chi connectivity index (χ3n) is 3.82. The van der Waals surface area contributed by atoms with Gasteiger partial charge >= 0.3 is 0 Å². The second-order valence-electron chi connectivity index (χ2n) is 5.12. The number of rotatable bonds is 3. The standard InChI is InChI=1S/C14H19N3O.2ClH/c15-11-2-4-14-12(9-11)13(17-18-14)3-1-10-5-7-16-8-6-10;;/h2,4,9-10,16H,1,3,5-8,15H2;2*1H. The zero-order chi connectivity index (χ0) is 12.4. The molecule has 2 heterocycles. The van der Waals surface area contributed by atoms with Gasteiger partial charge in [0.05, 0.1) is 5.69 Å². The molecule has 1 aromatic heterocycles. The summed E-state index contributed by atoms with van der Waals surface area (Å²) in [6.45, 7) is 2.30. The van der Waals surface area contributed by atoms with Crippen molar-refractivity contribution in [3.8, 4) is 0 Å². The maximum atomic E-state index is 5.81. The van der Waals surface area contributed by atoms with E-state index in [-0.39, 0.29) is 24.8 Å². The maximum Gasteiger partial charge on any atom is 0.167 e. The minimum absolute atomic E-state index is 0. The summed E-state index contributed by atoms with van der Waals surface area (Å²) in [5.41, 5.74) is 8.47. The molecule has 3 N–H and O–H groups in total. The van der Waals surface area contributed by atoms with E-state index in [9.17, 15) is 0 Å². The molecule has 0 bridgehead atoms. The Morgan fingerprint density at radius 3 is 2.75 bits per heavy atom. The molecule has 0 unspecified atom stereocenters. The van der Waals surface area contributed by atoms with E-state index in [1.807, 2.05) is 18.2 Å². The van der Waals surface area contributed by atoms with Gasteiger partial charge in [0.2, 0.25) is 0 Å². The van der Waals surface area contributed by atoms with Crippen molar-refractivity contribution >= 4 is 41.5 Å². The topological polar surface area (TPSA) is 64.1 Å². The minimum atomic E-state index is 0. The Kier molecular flexibility index (Phi) is 6.59. The number of aromatic nitrogens is 1. The van der Waals surface area contributed by atoms with Crippen LogP contribution in [0.3, 0.4) is 0 Å². The van der Waals surface area contributed by atoms with Crippen LogP contribution in [0, 0.1) is 5.92 Å². The van der Waals surface area contributed by atoms with E-state index in [4.69, 9.17) is 10.3 Å². The number of nitrogen functional groups attached to an aromatic ring is 1. The van der Waals surface area contributed by atoms with E-state index in [0.717, 1.165) is 47.8 Å². The van der Waals surface area contributed by atoms with Crippen LogP contribution in [0.4, 0.5) is 5.69 Å². The Bertz CT molecular complexity index is 538. The van der Waals surface area contributed by atoms with Crippen molar-refractivity contribution in [2.75, 3.05) is 18.8 Å². The van der Waals surface area contributed by atoms with E-state index in [2.05, 4.69) is 10.5 Å². The van der Waals surface area contributed by atoms with Gasteiger partial charge in [0.1, 0.15) is 0 Å². The lowest BCUT2D eigenvalue weighted by Crippen LogP contribution is -2.27. The quantitative estimate of drug-likeness (QED) is 0.853. The molecule has 2 aromatic rings. The van der Waals surface area contributed by atoms with Gasteiger partial charge in [0, 0.05) is 11.1 Å². The lowest BCUT2D eigenvalue weighted by Gasteiger charge is -2.21. The molecule has 1 saturated heterocycles. The number of nitrogens with zero attached hydrogens (tertiary/aromatic N) is 1. The van der Waals surface area contributed by atoms with Crippen LogP contribution in [-0.2, 0) is 6.42 Å². The fourth-order valence-electron chi connectivity index (χ4n) is 2.70. The summed E-state index contributed by atoms with van der Waals surface area (Å²) >= 11 is 0. The summed E-state index contributed by atoms with van der Waals surface area (Å²) in [5, 5.41) is 8.64. The van der Waals surface area contributed by atoms with Crippen molar-refractivity contribution in [2.24, 2.45) is 5.92 Å². The van der Waals surface area contributed by atoms with Crippen molar-refractivity contribution < 1.29 is 4.52 Å². The van der Waals surface area contributed by atoms with Gasteiger partial charge < -0.3 is 15.6 Å². The minimum Gasteiger partial charge on any atom is -0.399 e. The highest BCUT2D eigenvalue weighted by Gasteiger charge is 2.15. The summed E-state index contributed by atoms with van der Waals surface area (Å²) in [6, 6.07) is 5.71. The first-order valence-electron chi connectivity index (χ1n) is 6.67. The first kappa shape index (κ1) is 17.1. The summed E-state index contributed by atoms with van der Waals surface area (Å²) in [5.74, 6) is 0.819. The van der Waals surface area contributed by atoms with Gasteiger partial charge in [-0.15, -0.1) is 24.8 Å². The normalized spacial score (nSPS) is 15.6. The van der Waals surface area contributed by atoms with E-state index in [0.29, 0.717) is 0 Å². The number of piperidine rings is 1. The molecule has 0 spiro atoms. The number of benzene rings is 1. The van der Waals surface area contributed by atoms with Crippen LogP contribution in [0.15, 0.2) is 22.7 Å². The van der Waals surface area contributed by atoms with Gasteiger partial charge in [-0.2, -0.15) is 0 Å². The average Bonchev–Trinajstić information content (AvgIpc) is 2.80. The Morgan fingerprint density at radius 1 is 1.25 bits per heavy atom. The Hall–Kier alpha value is -0.970. The van der Waals surface area contributed by atoms with Crippen molar-refractivity contribution in [2.45, 2.75) is 25.7 Å². The van der Waals surface area contributed by atoms with E-state index in [1.165, 1.54) is 19.3 Å². The lowest BCUT2D eigenvalue weighted by atomic mass is 9.92. The number of halogens is 2. The van der Waals surface area contributed by atoms with Gasteiger partial charge in [0.15, 0.2) is 5.58 Å². The molecule has 3 rings (SSSR count). The monoisotopic (exact) mass is 317 g/mol. The number of aryl methyl sites for hydroxylation is 1. The molecule has 1 aliphatic rings.